The summed E-state index contributed by atoms with van der Waals surface area (Å²) < 4.78 is 0. The monoisotopic (exact) mass is 214 g/mol. The first-order valence-corrected chi connectivity index (χ1v) is 6.34. The Balaban J connectivity index is 2.10. The van der Waals surface area contributed by atoms with Gasteiger partial charge in [-0.05, 0) is 12.8 Å². The van der Waals surface area contributed by atoms with E-state index in [0.717, 1.165) is 13.1 Å². The van der Waals surface area contributed by atoms with Crippen LogP contribution in [0, 0.1) is 0 Å². The third-order valence-electron chi connectivity index (χ3n) is 2.88. The molecule has 1 rings (SSSR count). The van der Waals surface area contributed by atoms with Gasteiger partial charge in [-0.25, -0.2) is 10.4 Å². The molecule has 4 heteroatoms. The summed E-state index contributed by atoms with van der Waals surface area (Å²) >= 11 is 0. The van der Waals surface area contributed by atoms with Gasteiger partial charge in [-0.3, -0.25) is 0 Å². The number of hydrazine groups is 3. The highest BCUT2D eigenvalue weighted by molar-refractivity contribution is 4.50. The first-order valence-electron chi connectivity index (χ1n) is 6.34. The lowest BCUT2D eigenvalue weighted by atomic mass is 10.1. The van der Waals surface area contributed by atoms with E-state index >= 15 is 0 Å². The van der Waals surface area contributed by atoms with Crippen molar-refractivity contribution in [2.45, 2.75) is 51.4 Å². The molecule has 4 nitrogen and oxygen atoms in total. The first kappa shape index (κ1) is 12.9. The molecule has 0 saturated carbocycles. The molecule has 0 aromatic rings. The summed E-state index contributed by atoms with van der Waals surface area (Å²) in [5, 5.41) is 2.10. The first-order chi connectivity index (χ1) is 7.39. The van der Waals surface area contributed by atoms with E-state index in [-0.39, 0.29) is 0 Å². The van der Waals surface area contributed by atoms with Crippen LogP contribution in [0.25, 0.3) is 0 Å². The van der Waals surface area contributed by atoms with Crippen LogP contribution in [0.5, 0.6) is 0 Å². The Morgan fingerprint density at radius 1 is 0.800 bits per heavy atom. The molecule has 0 aromatic carbocycles. The number of nitrogens with one attached hydrogen (secondary N) is 3. The average Bonchev–Trinajstić information content (AvgIpc) is 2.24. The van der Waals surface area contributed by atoms with E-state index in [1.807, 2.05) is 0 Å². The van der Waals surface area contributed by atoms with E-state index in [2.05, 4.69) is 28.6 Å². The topological polar surface area (TPSA) is 39.3 Å². The van der Waals surface area contributed by atoms with Crippen molar-refractivity contribution >= 4 is 0 Å². The van der Waals surface area contributed by atoms with Crippen LogP contribution in [0.4, 0.5) is 0 Å². The van der Waals surface area contributed by atoms with Gasteiger partial charge in [0, 0.05) is 20.1 Å². The third kappa shape index (κ3) is 7.73. The second kappa shape index (κ2) is 9.09. The van der Waals surface area contributed by atoms with Crippen molar-refractivity contribution in [2.24, 2.45) is 0 Å². The fourth-order valence-corrected chi connectivity index (χ4v) is 1.88. The molecule has 1 saturated heterocycles. The Kier molecular flexibility index (Phi) is 7.83. The predicted octanol–water partition coefficient (Wildman–Crippen LogP) is 1.57. The van der Waals surface area contributed by atoms with Gasteiger partial charge in [0.15, 0.2) is 0 Å². The standard InChI is InChI=1S/C11H26N4/c1-15-11-9-7-5-3-2-4-6-8-10-12-13-14-15/h12-14H,2-11H2,1H3. The van der Waals surface area contributed by atoms with Crippen LogP contribution in [0.3, 0.4) is 0 Å². The summed E-state index contributed by atoms with van der Waals surface area (Å²) in [6.07, 6.45) is 10.9. The van der Waals surface area contributed by atoms with Crippen molar-refractivity contribution in [1.29, 1.82) is 0 Å². The molecule has 0 atom stereocenters. The zero-order valence-electron chi connectivity index (χ0n) is 10.0. The minimum absolute atomic E-state index is 1.04. The van der Waals surface area contributed by atoms with E-state index in [4.69, 9.17) is 0 Å². The summed E-state index contributed by atoms with van der Waals surface area (Å²) in [5.41, 5.74) is 9.29. The molecule has 1 heterocycles. The van der Waals surface area contributed by atoms with Gasteiger partial charge in [-0.2, -0.15) is 11.1 Å². The molecule has 1 fully saturated rings. The lowest BCUT2D eigenvalue weighted by Crippen LogP contribution is -2.51. The summed E-state index contributed by atoms with van der Waals surface area (Å²) in [4.78, 5) is 0. The van der Waals surface area contributed by atoms with Crippen molar-refractivity contribution in [3.63, 3.8) is 0 Å². The Hall–Kier alpha value is -0.160. The van der Waals surface area contributed by atoms with Crippen molar-refractivity contribution in [3.05, 3.63) is 0 Å². The highest BCUT2D eigenvalue weighted by Crippen LogP contribution is 2.08. The van der Waals surface area contributed by atoms with Gasteiger partial charge in [0.1, 0.15) is 0 Å². The molecule has 15 heavy (non-hydrogen) atoms. The Labute approximate surface area is 93.7 Å². The minimum atomic E-state index is 1.04. The smallest absolute Gasteiger partial charge is 0.0141 e. The van der Waals surface area contributed by atoms with Crippen LogP contribution in [0.1, 0.15) is 51.4 Å². The lowest BCUT2D eigenvalue weighted by molar-refractivity contribution is 0.167. The van der Waals surface area contributed by atoms with E-state index in [1.54, 1.807) is 0 Å². The van der Waals surface area contributed by atoms with Crippen molar-refractivity contribution < 1.29 is 0 Å². The maximum atomic E-state index is 3.17. The quantitative estimate of drug-likeness (QED) is 0.572. The molecule has 0 aromatic heterocycles. The molecular formula is C11H26N4. The Bertz CT molecular complexity index is 127. The zero-order chi connectivity index (χ0) is 10.8. The second-order valence-electron chi connectivity index (χ2n) is 4.41. The van der Waals surface area contributed by atoms with Gasteiger partial charge in [0.05, 0.1) is 0 Å². The molecule has 1 aliphatic heterocycles. The fraction of sp³-hybridized carbons (Fsp3) is 1.00. The molecule has 0 bridgehead atoms. The second-order valence-corrected chi connectivity index (χ2v) is 4.41. The number of nitrogens with zero attached hydrogens (tertiary/aromatic N) is 1. The van der Waals surface area contributed by atoms with E-state index in [0.29, 0.717) is 0 Å². The molecule has 0 amide bonds. The highest BCUT2D eigenvalue weighted by atomic mass is 15.8. The van der Waals surface area contributed by atoms with Crippen LogP contribution in [-0.4, -0.2) is 25.1 Å². The SMILES string of the molecule is CN1CCCCCCCCCCNNN1. The largest absolute Gasteiger partial charge is 0.243 e. The maximum absolute atomic E-state index is 3.17. The van der Waals surface area contributed by atoms with Crippen LogP contribution in [-0.2, 0) is 0 Å². The molecule has 0 radical (unpaired) electrons. The van der Waals surface area contributed by atoms with E-state index < -0.39 is 0 Å². The Morgan fingerprint density at radius 2 is 1.40 bits per heavy atom. The van der Waals surface area contributed by atoms with Crippen LogP contribution in [0.15, 0.2) is 0 Å². The van der Waals surface area contributed by atoms with Crippen molar-refractivity contribution in [1.82, 2.24) is 21.5 Å². The number of rotatable bonds is 0. The summed E-state index contributed by atoms with van der Waals surface area (Å²) in [6.45, 7) is 2.15. The van der Waals surface area contributed by atoms with Gasteiger partial charge in [-0.15, -0.1) is 0 Å². The summed E-state index contributed by atoms with van der Waals surface area (Å²) in [7, 11) is 2.07. The molecule has 0 spiro atoms. The molecule has 1 aliphatic rings. The molecule has 90 valence electrons. The van der Waals surface area contributed by atoms with Crippen LogP contribution < -0.4 is 16.5 Å². The van der Waals surface area contributed by atoms with Gasteiger partial charge in [0.2, 0.25) is 0 Å². The average molecular weight is 214 g/mol. The normalized spacial score (nSPS) is 24.6. The van der Waals surface area contributed by atoms with Gasteiger partial charge in [0.25, 0.3) is 0 Å². The Morgan fingerprint density at radius 3 is 2.13 bits per heavy atom. The fourth-order valence-electron chi connectivity index (χ4n) is 1.88. The van der Waals surface area contributed by atoms with Crippen molar-refractivity contribution in [3.8, 4) is 0 Å². The van der Waals surface area contributed by atoms with Crippen LogP contribution in [0.2, 0.25) is 0 Å². The van der Waals surface area contributed by atoms with E-state index in [9.17, 15) is 0 Å². The maximum Gasteiger partial charge on any atom is 0.0141 e. The zero-order valence-corrected chi connectivity index (χ0v) is 10.0. The van der Waals surface area contributed by atoms with Gasteiger partial charge >= 0.3 is 0 Å². The highest BCUT2D eigenvalue weighted by Gasteiger charge is 1.98. The lowest BCUT2D eigenvalue weighted by Gasteiger charge is -2.19. The summed E-state index contributed by atoms with van der Waals surface area (Å²) in [5.74, 6) is 0. The molecule has 0 unspecified atom stereocenters. The van der Waals surface area contributed by atoms with Gasteiger partial charge < -0.3 is 0 Å². The third-order valence-corrected chi connectivity index (χ3v) is 2.88. The summed E-state index contributed by atoms with van der Waals surface area (Å²) in [6, 6.07) is 0. The van der Waals surface area contributed by atoms with Crippen molar-refractivity contribution in [2.75, 3.05) is 20.1 Å². The van der Waals surface area contributed by atoms with Crippen LogP contribution >= 0.6 is 0 Å². The molecular weight excluding hydrogens is 188 g/mol. The van der Waals surface area contributed by atoms with Gasteiger partial charge in [-0.1, -0.05) is 38.5 Å². The molecule has 0 aliphatic carbocycles. The molecule has 3 N–H and O–H groups in total. The number of hydrogen-bond donors (Lipinski definition) is 3. The van der Waals surface area contributed by atoms with E-state index in [1.165, 1.54) is 51.4 Å². The number of hydrogen-bond acceptors (Lipinski definition) is 4. The minimum Gasteiger partial charge on any atom is -0.243 e. The predicted molar refractivity (Wildman–Crippen MR) is 63.8 cm³/mol.